The normalized spacial score (nSPS) is 0. The first kappa shape index (κ1) is 34.9. The molecule has 0 heterocycles. The van der Waals surface area contributed by atoms with Gasteiger partial charge in [-0.1, -0.05) is 0 Å². The van der Waals surface area contributed by atoms with Crippen LogP contribution in [0.4, 0.5) is 0 Å². The van der Waals surface area contributed by atoms with Crippen molar-refractivity contribution in [3.63, 3.8) is 0 Å². The van der Waals surface area contributed by atoms with Gasteiger partial charge >= 0.3 is 68.0 Å². The molecule has 0 saturated heterocycles. The zero-order chi connectivity index (χ0) is 0. The van der Waals surface area contributed by atoms with Crippen LogP contribution in [0.3, 0.4) is 0 Å². The van der Waals surface area contributed by atoms with E-state index in [1.165, 1.54) is 0 Å². The van der Waals surface area contributed by atoms with E-state index in [0.29, 0.717) is 0 Å². The molecule has 0 aromatic rings. The summed E-state index contributed by atoms with van der Waals surface area (Å²) >= 11 is 0. The van der Waals surface area contributed by atoms with Gasteiger partial charge in [0.15, 0.2) is 0 Å². The third-order valence-electron chi connectivity index (χ3n) is 0. The smallest absolute Gasteiger partial charge is 2.00 e. The van der Waals surface area contributed by atoms with E-state index >= 15 is 0 Å². The summed E-state index contributed by atoms with van der Waals surface area (Å²) in [5, 5.41) is 0. The van der Waals surface area contributed by atoms with Crippen LogP contribution in [0, 0.1) is 41.7 Å². The first-order chi connectivity index (χ1) is 0. The van der Waals surface area contributed by atoms with Gasteiger partial charge in [-0.3, -0.25) is 0 Å². The molecular formula is CeO2Zr+3. The van der Waals surface area contributed by atoms with Gasteiger partial charge in [-0.2, -0.15) is 0 Å². The Hall–Kier alpha value is 2.18. The van der Waals surface area contributed by atoms with Crippen molar-refractivity contribution in [1.82, 2.24) is 0 Å². The molecule has 0 fully saturated rings. The second-order valence-electron chi connectivity index (χ2n) is 0. The van der Waals surface area contributed by atoms with Crippen LogP contribution in [0.5, 0.6) is 0 Å². The van der Waals surface area contributed by atoms with Crippen molar-refractivity contribution in [3.05, 3.63) is 0 Å². The first-order valence-electron chi connectivity index (χ1n) is 0. The van der Waals surface area contributed by atoms with Gasteiger partial charge in [0.05, 0.1) is 0 Å². The molecule has 0 aliphatic heterocycles. The number of hydrogen-bond donors (Lipinski definition) is 0. The van der Waals surface area contributed by atoms with Crippen LogP contribution in [0.15, 0.2) is 0 Å². The van der Waals surface area contributed by atoms with E-state index in [0.717, 1.165) is 0 Å². The van der Waals surface area contributed by atoms with Crippen LogP contribution in [0.1, 0.15) is 0 Å². The molecule has 0 aromatic carbocycles. The molecule has 0 N–H and O–H groups in total. The molecule has 0 saturated carbocycles. The second kappa shape index (κ2) is 19.0. The van der Waals surface area contributed by atoms with Crippen LogP contribution in [0.2, 0.25) is 0 Å². The maximum Gasteiger partial charge on any atom is 4.00 e. The zero-order valence-electron chi connectivity index (χ0n) is 1.82. The van der Waals surface area contributed by atoms with E-state index < -0.39 is 0 Å². The molecule has 0 unspecified atom stereocenters. The quantitative estimate of drug-likeness (QED) is 0.579. The number of rotatable bonds is 0. The fraction of sp³-hybridized carbons (Fsp3) is 0. The van der Waals surface area contributed by atoms with E-state index in [2.05, 4.69) is 0 Å². The minimum Gasteiger partial charge on any atom is -2.00 e. The van der Waals surface area contributed by atoms with E-state index in [1.807, 2.05) is 0 Å². The minimum atomic E-state index is 0. The fourth-order valence-electron chi connectivity index (χ4n) is 0. The summed E-state index contributed by atoms with van der Waals surface area (Å²) < 4.78 is 0. The molecule has 4 heteroatoms. The summed E-state index contributed by atoms with van der Waals surface area (Å²) in [6, 6.07) is 0. The van der Waals surface area contributed by atoms with Crippen molar-refractivity contribution in [1.29, 1.82) is 0 Å². The molecule has 0 aliphatic rings. The van der Waals surface area contributed by atoms with Crippen LogP contribution in [-0.2, 0) is 37.2 Å². The zero-order valence-corrected chi connectivity index (χ0v) is 7.41. The first-order valence-corrected chi connectivity index (χ1v) is 0. The molecule has 0 bridgehead atoms. The predicted octanol–water partition coefficient (Wildman–Crippen LogP) is -0.240. The third-order valence-corrected chi connectivity index (χ3v) is 0. The minimum absolute atomic E-state index is 0. The maximum absolute atomic E-state index is 0. The van der Waals surface area contributed by atoms with Gasteiger partial charge in [0.2, 0.25) is 0 Å². The Bertz CT molecular complexity index is 6.00. The number of hydrogen-bond acceptors (Lipinski definition) is 0. The standard InChI is InChI=1S/Ce.2O.Zr/q+3;2*-2;+4. The topological polar surface area (TPSA) is 57.0 Å². The Morgan fingerprint density at radius 3 is 0.750 bits per heavy atom. The van der Waals surface area contributed by atoms with Crippen molar-refractivity contribution < 1.29 is 78.9 Å². The second-order valence-corrected chi connectivity index (χ2v) is 0. The van der Waals surface area contributed by atoms with E-state index in [-0.39, 0.29) is 78.9 Å². The Balaban J connectivity index is 0. The summed E-state index contributed by atoms with van der Waals surface area (Å²) in [6.07, 6.45) is 0. The summed E-state index contributed by atoms with van der Waals surface area (Å²) in [4.78, 5) is 0. The fourth-order valence-corrected chi connectivity index (χ4v) is 0. The SMILES string of the molecule is [Ce+3].[O-2].[O-2].[Zr+4]. The molecule has 0 atom stereocenters. The summed E-state index contributed by atoms with van der Waals surface area (Å²) in [5.41, 5.74) is 0. The van der Waals surface area contributed by atoms with Crippen molar-refractivity contribution in [2.24, 2.45) is 0 Å². The van der Waals surface area contributed by atoms with Crippen LogP contribution in [0.25, 0.3) is 0 Å². The molecule has 0 spiro atoms. The maximum atomic E-state index is 0. The largest absolute Gasteiger partial charge is 4.00 e. The Morgan fingerprint density at radius 1 is 0.750 bits per heavy atom. The molecule has 1 radical (unpaired) electrons. The van der Waals surface area contributed by atoms with E-state index in [9.17, 15) is 0 Å². The van der Waals surface area contributed by atoms with Gasteiger partial charge in [-0.25, -0.2) is 0 Å². The molecule has 0 aromatic heterocycles. The summed E-state index contributed by atoms with van der Waals surface area (Å²) in [6.45, 7) is 0. The van der Waals surface area contributed by atoms with Gasteiger partial charge in [0.25, 0.3) is 0 Å². The molecule has 0 rings (SSSR count). The molecule has 0 aliphatic carbocycles. The molecule has 4 heavy (non-hydrogen) atoms. The van der Waals surface area contributed by atoms with Gasteiger partial charge < -0.3 is 11.0 Å². The van der Waals surface area contributed by atoms with E-state index in [4.69, 9.17) is 0 Å². The van der Waals surface area contributed by atoms with Crippen molar-refractivity contribution >= 4 is 0 Å². The van der Waals surface area contributed by atoms with E-state index in [1.54, 1.807) is 0 Å². The summed E-state index contributed by atoms with van der Waals surface area (Å²) in [5.74, 6) is 0. The van der Waals surface area contributed by atoms with Gasteiger partial charge in [-0.15, -0.1) is 0 Å². The summed E-state index contributed by atoms with van der Waals surface area (Å²) in [7, 11) is 0. The van der Waals surface area contributed by atoms with Crippen molar-refractivity contribution in [2.45, 2.75) is 0 Å². The Morgan fingerprint density at radius 2 is 0.750 bits per heavy atom. The Labute approximate surface area is 77.5 Å². The van der Waals surface area contributed by atoms with Gasteiger partial charge in [0.1, 0.15) is 0 Å². The molecule has 17 valence electrons. The predicted molar refractivity (Wildman–Crippen MR) is 1.37 cm³/mol. The average molecular weight is 263 g/mol. The Kier molecular flexibility index (Phi) is 166. The van der Waals surface area contributed by atoms with Crippen LogP contribution >= 0.6 is 0 Å². The molecule has 2 nitrogen and oxygen atoms in total. The molecular weight excluding hydrogens is 263 g/mol. The average Bonchev–Trinajstić information content (AvgIpc) is 0. The molecule has 0 amide bonds. The monoisotopic (exact) mass is 262 g/mol. The van der Waals surface area contributed by atoms with Crippen molar-refractivity contribution in [2.75, 3.05) is 0 Å². The van der Waals surface area contributed by atoms with Gasteiger partial charge in [-0.05, 0) is 0 Å². The van der Waals surface area contributed by atoms with Crippen LogP contribution in [-0.4, -0.2) is 0 Å². The van der Waals surface area contributed by atoms with Crippen LogP contribution < -0.4 is 0 Å². The van der Waals surface area contributed by atoms with Gasteiger partial charge in [0, 0.05) is 0 Å². The van der Waals surface area contributed by atoms with Crippen molar-refractivity contribution in [3.8, 4) is 0 Å². The third kappa shape index (κ3) is 8.89.